The summed E-state index contributed by atoms with van der Waals surface area (Å²) in [6, 6.07) is 15.2. The van der Waals surface area contributed by atoms with Gasteiger partial charge in [-0.15, -0.1) is 0 Å². The molecule has 0 radical (unpaired) electrons. The van der Waals surface area contributed by atoms with Crippen LogP contribution in [0.3, 0.4) is 0 Å². The van der Waals surface area contributed by atoms with Crippen molar-refractivity contribution in [3.63, 3.8) is 0 Å². The Morgan fingerprint density at radius 3 is 2.62 bits per heavy atom. The molecule has 2 N–H and O–H groups in total. The molecule has 0 saturated heterocycles. The molecule has 1 aliphatic heterocycles. The van der Waals surface area contributed by atoms with Gasteiger partial charge in [-0.1, -0.05) is 24.3 Å². The summed E-state index contributed by atoms with van der Waals surface area (Å²) in [5, 5.41) is 6.13. The fourth-order valence-electron chi connectivity index (χ4n) is 3.09. The Morgan fingerprint density at radius 2 is 1.79 bits per heavy atom. The maximum atomic E-state index is 12.6. The van der Waals surface area contributed by atoms with Gasteiger partial charge in [0.1, 0.15) is 30.5 Å². The molecule has 2 aromatic carbocycles. The summed E-state index contributed by atoms with van der Waals surface area (Å²) in [6.07, 6.45) is 0. The average molecular weight is 390 g/mol. The topological polar surface area (TPSA) is 85.4 Å². The monoisotopic (exact) mass is 390 g/mol. The molecule has 0 aliphatic carbocycles. The van der Waals surface area contributed by atoms with Crippen LogP contribution in [0.25, 0.3) is 0 Å². The largest absolute Gasteiger partial charge is 0.486 e. The van der Waals surface area contributed by atoms with Crippen molar-refractivity contribution in [2.24, 2.45) is 0 Å². The number of fused-ring (bicyclic) bond motifs is 1. The summed E-state index contributed by atoms with van der Waals surface area (Å²) in [5.74, 6) is 2.20. The molecule has 148 valence electrons. The van der Waals surface area contributed by atoms with Gasteiger partial charge in [-0.25, -0.2) is 9.97 Å². The number of benzene rings is 2. The van der Waals surface area contributed by atoms with Gasteiger partial charge >= 0.3 is 0 Å². The second-order valence-electron chi connectivity index (χ2n) is 6.78. The highest BCUT2D eigenvalue weighted by molar-refractivity contribution is 5.93. The number of hydrogen-bond donors (Lipinski definition) is 2. The Morgan fingerprint density at radius 1 is 1.00 bits per heavy atom. The molecule has 1 aromatic heterocycles. The van der Waals surface area contributed by atoms with Crippen LogP contribution in [-0.2, 0) is 6.54 Å². The third-order valence-corrected chi connectivity index (χ3v) is 4.59. The second kappa shape index (κ2) is 8.18. The van der Waals surface area contributed by atoms with Crippen LogP contribution in [0.2, 0.25) is 0 Å². The first-order valence-corrected chi connectivity index (χ1v) is 9.43. The number of aryl methyl sites for hydroxylation is 2. The van der Waals surface area contributed by atoms with E-state index in [1.54, 1.807) is 13.0 Å². The van der Waals surface area contributed by atoms with Gasteiger partial charge in [0.2, 0.25) is 0 Å². The lowest BCUT2D eigenvalue weighted by molar-refractivity contribution is 0.0945. The molecule has 0 saturated carbocycles. The minimum Gasteiger partial charge on any atom is -0.486 e. The maximum Gasteiger partial charge on any atom is 0.270 e. The normalized spacial score (nSPS) is 12.3. The van der Waals surface area contributed by atoms with Crippen molar-refractivity contribution >= 4 is 17.4 Å². The fraction of sp³-hybridized carbons (Fsp3) is 0.227. The Balaban J connectivity index is 1.48. The van der Waals surface area contributed by atoms with E-state index in [-0.39, 0.29) is 5.91 Å². The molecule has 4 rings (SSSR count). The first-order valence-electron chi connectivity index (χ1n) is 9.43. The summed E-state index contributed by atoms with van der Waals surface area (Å²) < 4.78 is 11.1. The van der Waals surface area contributed by atoms with Crippen LogP contribution in [0.1, 0.15) is 27.4 Å². The highest BCUT2D eigenvalue weighted by Crippen LogP contribution is 2.33. The smallest absolute Gasteiger partial charge is 0.270 e. The highest BCUT2D eigenvalue weighted by Gasteiger charge is 2.14. The Hall–Kier alpha value is -3.61. The van der Waals surface area contributed by atoms with Gasteiger partial charge in [0, 0.05) is 24.4 Å². The van der Waals surface area contributed by atoms with Gasteiger partial charge in [0.15, 0.2) is 11.5 Å². The highest BCUT2D eigenvalue weighted by atomic mass is 16.6. The van der Waals surface area contributed by atoms with E-state index >= 15 is 0 Å². The van der Waals surface area contributed by atoms with Crippen LogP contribution < -0.4 is 20.1 Å². The number of hydrogen-bond acceptors (Lipinski definition) is 6. The van der Waals surface area contributed by atoms with E-state index in [2.05, 4.69) is 20.6 Å². The van der Waals surface area contributed by atoms with Crippen LogP contribution in [-0.4, -0.2) is 29.1 Å². The Bertz CT molecular complexity index is 1050. The molecule has 0 atom stereocenters. The fourth-order valence-corrected chi connectivity index (χ4v) is 3.09. The molecule has 7 nitrogen and oxygen atoms in total. The average Bonchev–Trinajstić information content (AvgIpc) is 2.72. The molecule has 3 aromatic rings. The number of carbonyl (C=O) groups is 1. The molecular formula is C22H22N4O3. The predicted molar refractivity (Wildman–Crippen MR) is 110 cm³/mol. The molecule has 0 bridgehead atoms. The minimum atomic E-state index is -0.246. The zero-order valence-corrected chi connectivity index (χ0v) is 16.4. The van der Waals surface area contributed by atoms with Crippen LogP contribution in [0.4, 0.5) is 11.5 Å². The van der Waals surface area contributed by atoms with Crippen molar-refractivity contribution in [3.05, 3.63) is 71.2 Å². The van der Waals surface area contributed by atoms with Crippen LogP contribution in [0, 0.1) is 13.8 Å². The SMILES string of the molecule is Cc1nc(Nc2ccc3c(c2)OCCO3)cc(C(=O)NCc2ccccc2C)n1. The van der Waals surface area contributed by atoms with Crippen molar-refractivity contribution in [3.8, 4) is 11.5 Å². The maximum absolute atomic E-state index is 12.6. The number of amides is 1. The quantitative estimate of drug-likeness (QED) is 0.693. The zero-order chi connectivity index (χ0) is 20.2. The number of ether oxygens (including phenoxy) is 2. The van der Waals surface area contributed by atoms with Gasteiger partial charge < -0.3 is 20.1 Å². The molecule has 1 aliphatic rings. The number of rotatable bonds is 5. The number of nitrogens with one attached hydrogen (secondary N) is 2. The van der Waals surface area contributed by atoms with Gasteiger partial charge in [-0.05, 0) is 37.1 Å². The van der Waals surface area contributed by atoms with E-state index < -0.39 is 0 Å². The number of aromatic nitrogens is 2. The molecule has 2 heterocycles. The summed E-state index contributed by atoms with van der Waals surface area (Å²) in [5.41, 5.74) is 3.30. The molecule has 0 spiro atoms. The van der Waals surface area contributed by atoms with E-state index in [0.29, 0.717) is 42.8 Å². The molecule has 0 unspecified atom stereocenters. The van der Waals surface area contributed by atoms with E-state index in [1.807, 2.05) is 49.4 Å². The van der Waals surface area contributed by atoms with E-state index in [1.165, 1.54) is 0 Å². The van der Waals surface area contributed by atoms with Crippen molar-refractivity contribution < 1.29 is 14.3 Å². The number of anilines is 2. The lowest BCUT2D eigenvalue weighted by Gasteiger charge is -2.19. The van der Waals surface area contributed by atoms with Crippen molar-refractivity contribution in [2.75, 3.05) is 18.5 Å². The summed E-state index contributed by atoms with van der Waals surface area (Å²) in [6.45, 7) is 5.29. The van der Waals surface area contributed by atoms with E-state index in [0.717, 1.165) is 22.6 Å². The third kappa shape index (κ3) is 4.45. The first-order chi connectivity index (χ1) is 14.1. The molecule has 0 fully saturated rings. The van der Waals surface area contributed by atoms with Gasteiger partial charge in [0.05, 0.1) is 0 Å². The van der Waals surface area contributed by atoms with Crippen LogP contribution in [0.15, 0.2) is 48.5 Å². The van der Waals surface area contributed by atoms with Gasteiger partial charge in [-0.3, -0.25) is 4.79 Å². The van der Waals surface area contributed by atoms with Crippen molar-refractivity contribution in [1.29, 1.82) is 0 Å². The lowest BCUT2D eigenvalue weighted by atomic mass is 10.1. The number of carbonyl (C=O) groups excluding carboxylic acids is 1. The van der Waals surface area contributed by atoms with Crippen molar-refractivity contribution in [2.45, 2.75) is 20.4 Å². The lowest BCUT2D eigenvalue weighted by Crippen LogP contribution is -2.24. The van der Waals surface area contributed by atoms with Gasteiger partial charge in [-0.2, -0.15) is 0 Å². The Kier molecular flexibility index (Phi) is 5.29. The third-order valence-electron chi connectivity index (χ3n) is 4.59. The van der Waals surface area contributed by atoms with Gasteiger partial charge in [0.25, 0.3) is 5.91 Å². The standard InChI is InChI=1S/C22H22N4O3/c1-14-5-3-4-6-16(14)13-23-22(27)18-12-21(25-15(2)24-18)26-17-7-8-19-20(11-17)29-10-9-28-19/h3-8,11-12H,9-10,13H2,1-2H3,(H,23,27)(H,24,25,26). The predicted octanol–water partition coefficient (Wildman–Crippen LogP) is 3.54. The van der Waals surface area contributed by atoms with E-state index in [9.17, 15) is 4.79 Å². The van der Waals surface area contributed by atoms with Crippen LogP contribution in [0.5, 0.6) is 11.5 Å². The first kappa shape index (κ1) is 18.7. The van der Waals surface area contributed by atoms with Crippen LogP contribution >= 0.6 is 0 Å². The molecule has 29 heavy (non-hydrogen) atoms. The summed E-state index contributed by atoms with van der Waals surface area (Å²) in [7, 11) is 0. The second-order valence-corrected chi connectivity index (χ2v) is 6.78. The zero-order valence-electron chi connectivity index (χ0n) is 16.4. The summed E-state index contributed by atoms with van der Waals surface area (Å²) >= 11 is 0. The molecule has 1 amide bonds. The van der Waals surface area contributed by atoms with E-state index in [4.69, 9.17) is 9.47 Å². The minimum absolute atomic E-state index is 0.246. The van der Waals surface area contributed by atoms with Crippen molar-refractivity contribution in [1.82, 2.24) is 15.3 Å². The summed E-state index contributed by atoms with van der Waals surface area (Å²) in [4.78, 5) is 21.3. The Labute approximate surface area is 169 Å². The molecule has 7 heteroatoms. The number of nitrogens with zero attached hydrogens (tertiary/aromatic N) is 2. The molecular weight excluding hydrogens is 368 g/mol.